The summed E-state index contributed by atoms with van der Waals surface area (Å²) in [5.74, 6) is -0.788. The Kier molecular flexibility index (Phi) is 20.7. The molecule has 13 nitrogen and oxygen atoms in total. The number of carbonyl (C=O) groups is 2. The van der Waals surface area contributed by atoms with E-state index in [-0.39, 0.29) is 25.8 Å². The Hall–Kier alpha value is -12.7. The lowest BCUT2D eigenvalue weighted by atomic mass is 9.77. The largest absolute Gasteiger partial charge is 0.465 e. The van der Waals surface area contributed by atoms with Crippen LogP contribution in [0, 0.1) is 0 Å². The number of benzene rings is 10. The van der Waals surface area contributed by atoms with Gasteiger partial charge in [-0.15, -0.1) is 0 Å². The SMILES string of the molecule is C.COC(=O)C1=Nc2cc3c(-c4ccncc4)nn(C(c4ccccc4)(c4ccccc4)c4ccccc4)c3cc2C1.C[C@@H](N)c1ccc(C(F)(F)F)cc1.C[C@@H](NC(=O)C1=Nc2cc3c(-c4ccncc4)nn(C(c4ccccc4)(c4ccccc4)c4ccccc4)c3cc2C1)c1ccc(C(F)(F)F)cc1. The van der Waals surface area contributed by atoms with Gasteiger partial charge in [-0.1, -0.05) is 214 Å². The van der Waals surface area contributed by atoms with Gasteiger partial charge in [-0.3, -0.25) is 14.8 Å². The van der Waals surface area contributed by atoms with Crippen LogP contribution in [-0.4, -0.2) is 59.9 Å². The van der Waals surface area contributed by atoms with Crippen LogP contribution in [0.4, 0.5) is 37.7 Å². The van der Waals surface area contributed by atoms with Crippen LogP contribution in [0.1, 0.15) is 100 Å². The lowest BCUT2D eigenvalue weighted by Gasteiger charge is -2.37. The third kappa shape index (κ3) is 14.3. The van der Waals surface area contributed by atoms with Crippen molar-refractivity contribution in [3.63, 3.8) is 0 Å². The maximum Gasteiger partial charge on any atom is 0.416 e. The van der Waals surface area contributed by atoms with Crippen LogP contribution < -0.4 is 11.1 Å². The number of alkyl halides is 6. The molecule has 6 heterocycles. The molecule has 0 spiro atoms. The minimum Gasteiger partial charge on any atom is -0.465 e. The normalized spacial score (nSPS) is 13.1. The van der Waals surface area contributed by atoms with Crippen LogP contribution in [0.25, 0.3) is 44.3 Å². The average molecular weight is 1430 g/mol. The van der Waals surface area contributed by atoms with Gasteiger partial charge in [0.2, 0.25) is 0 Å². The van der Waals surface area contributed by atoms with Crippen molar-refractivity contribution in [1.29, 1.82) is 0 Å². The van der Waals surface area contributed by atoms with E-state index in [2.05, 4.69) is 151 Å². The number of aliphatic imine (C=N–C) groups is 2. The second kappa shape index (κ2) is 30.5. The summed E-state index contributed by atoms with van der Waals surface area (Å²) in [6.07, 6.45) is -0.980. The average Bonchev–Trinajstić information content (AvgIpc) is 1.61. The van der Waals surface area contributed by atoms with Crippen LogP contribution in [0.2, 0.25) is 0 Å². The Balaban J connectivity index is 0.000000163. The number of methoxy groups -OCH3 is 1. The third-order valence-electron chi connectivity index (χ3n) is 19.2. The first-order chi connectivity index (χ1) is 51.3. The fourth-order valence-electron chi connectivity index (χ4n) is 14.0. The summed E-state index contributed by atoms with van der Waals surface area (Å²) in [6, 6.07) is 87.4. The van der Waals surface area contributed by atoms with E-state index in [9.17, 15) is 35.9 Å². The predicted octanol–water partition coefficient (Wildman–Crippen LogP) is 19.6. The van der Waals surface area contributed by atoms with Crippen LogP contribution in [-0.2, 0) is 50.6 Å². The minimum atomic E-state index is -4.43. The van der Waals surface area contributed by atoms with Gasteiger partial charge in [0.15, 0.2) is 0 Å². The number of rotatable bonds is 15. The monoisotopic (exact) mass is 1430 g/mol. The smallest absolute Gasteiger partial charge is 0.416 e. The Morgan fingerprint density at radius 3 is 1.07 bits per heavy atom. The second-order valence-corrected chi connectivity index (χ2v) is 25.8. The van der Waals surface area contributed by atoms with Gasteiger partial charge in [-0.2, -0.15) is 36.5 Å². The highest BCUT2D eigenvalue weighted by Crippen LogP contribution is 2.49. The topological polar surface area (TPSA) is 168 Å². The second-order valence-electron chi connectivity index (χ2n) is 25.8. The molecule has 2 atom stereocenters. The molecule has 0 unspecified atom stereocenters. The van der Waals surface area contributed by atoms with Crippen molar-refractivity contribution < 1.29 is 40.7 Å². The number of aromatic nitrogens is 6. The first kappa shape index (κ1) is 72.6. The van der Waals surface area contributed by atoms with Crippen molar-refractivity contribution >= 4 is 56.5 Å². The molecule has 2 aliphatic heterocycles. The number of esters is 1. The number of hydrogen-bond donors (Lipinski definition) is 2. The lowest BCUT2D eigenvalue weighted by molar-refractivity contribution is -0.138. The lowest BCUT2D eigenvalue weighted by Crippen LogP contribution is -2.38. The summed E-state index contributed by atoms with van der Waals surface area (Å²) in [5.41, 5.74) is 19.2. The van der Waals surface area contributed by atoms with Gasteiger partial charge in [0.25, 0.3) is 5.91 Å². The molecule has 0 bridgehead atoms. The molecule has 2 aliphatic rings. The zero-order valence-electron chi connectivity index (χ0n) is 57.6. The molecule has 4 aromatic heterocycles. The number of hydrogen-bond acceptors (Lipinski definition) is 10. The van der Waals surface area contributed by atoms with Crippen molar-refractivity contribution in [2.24, 2.45) is 15.7 Å². The van der Waals surface area contributed by atoms with Crippen LogP contribution in [0.15, 0.2) is 314 Å². The summed E-state index contributed by atoms with van der Waals surface area (Å²) >= 11 is 0. The van der Waals surface area contributed by atoms with E-state index >= 15 is 0 Å². The standard InChI is InChI=1S/C43H32F3N5O.C35H26N4O2.C9H10F3N.CH4/c1-28(29-17-19-35(20-18-29)43(44,45)46)48-41(52)38-25-31-26-39-36(27-37(31)49-38)40(30-21-23-47-24-22-30)50-51(39)42(32-11-5-2-6-12-32,33-13-7-3-8-14-33)34-15-9-4-10-16-34;1-41-34(40)31-21-25-22-32-29(23-30(25)37-31)33(24-17-19-36-20-18-24)38-39(32)35(26-11-5-2-6-12-26,27-13-7-3-8-14-27)28-15-9-4-10-16-28;1-6(13)7-2-4-8(5-3-7)9(10,11)12;/h2-24,26-28H,25H2,1H3,(H,48,52);2-20,22-23H,21H2,1H3;2-6H,13H2,1H3;1H4/t28-;;6-;/m1.1./s1. The van der Waals surface area contributed by atoms with Gasteiger partial charge in [-0.05, 0) is 142 Å². The number of nitrogens with one attached hydrogen (secondary N) is 1. The van der Waals surface area contributed by atoms with E-state index in [0.717, 1.165) is 119 Å². The molecular formula is C88H72F6N10O3. The minimum absolute atomic E-state index is 0. The highest BCUT2D eigenvalue weighted by atomic mass is 19.4. The third-order valence-corrected chi connectivity index (χ3v) is 19.2. The molecule has 0 saturated carbocycles. The summed E-state index contributed by atoms with van der Waals surface area (Å²) in [4.78, 5) is 43.9. The number of nitrogens with zero attached hydrogens (tertiary/aromatic N) is 8. The Morgan fingerprint density at radius 1 is 0.430 bits per heavy atom. The fraction of sp³-hybridized carbons (Fsp3) is 0.136. The maximum atomic E-state index is 13.6. The molecule has 10 aromatic carbocycles. The van der Waals surface area contributed by atoms with E-state index < -0.39 is 46.6 Å². The van der Waals surface area contributed by atoms with Gasteiger partial charge in [0, 0.05) is 65.6 Å². The van der Waals surface area contributed by atoms with Crippen molar-refractivity contribution in [2.75, 3.05) is 7.11 Å². The zero-order chi connectivity index (χ0) is 73.7. The Labute approximate surface area is 614 Å². The first-order valence-electron chi connectivity index (χ1n) is 34.2. The van der Waals surface area contributed by atoms with E-state index in [4.69, 9.17) is 25.7 Å². The molecule has 0 aliphatic carbocycles. The highest BCUT2D eigenvalue weighted by molar-refractivity contribution is 6.41. The number of halogens is 6. The molecule has 534 valence electrons. The number of ether oxygens (including phenoxy) is 1. The molecule has 1 amide bonds. The number of pyridine rings is 2. The number of nitrogens with two attached hydrogens (primary N) is 1. The van der Waals surface area contributed by atoms with Gasteiger partial charge < -0.3 is 15.8 Å². The van der Waals surface area contributed by atoms with E-state index in [1.54, 1.807) is 38.6 Å². The summed E-state index contributed by atoms with van der Waals surface area (Å²) in [5, 5.41) is 15.6. The van der Waals surface area contributed by atoms with Crippen LogP contribution in [0.3, 0.4) is 0 Å². The number of carbonyl (C=O) groups excluding carboxylic acids is 2. The van der Waals surface area contributed by atoms with E-state index in [0.29, 0.717) is 34.7 Å². The van der Waals surface area contributed by atoms with Crippen molar-refractivity contribution in [3.8, 4) is 22.5 Å². The molecule has 3 N–H and O–H groups in total. The fourth-order valence-corrected chi connectivity index (χ4v) is 14.0. The molecule has 107 heavy (non-hydrogen) atoms. The molecular weight excluding hydrogens is 1360 g/mol. The van der Waals surface area contributed by atoms with Gasteiger partial charge in [0.1, 0.15) is 33.9 Å². The predicted molar refractivity (Wildman–Crippen MR) is 408 cm³/mol. The molecule has 0 saturated heterocycles. The van der Waals surface area contributed by atoms with Crippen LogP contribution in [0.5, 0.6) is 0 Å². The first-order valence-corrected chi connectivity index (χ1v) is 34.2. The number of fused-ring (bicyclic) bond motifs is 4. The van der Waals surface area contributed by atoms with Crippen molar-refractivity contribution in [3.05, 3.63) is 371 Å². The van der Waals surface area contributed by atoms with Gasteiger partial charge in [-0.25, -0.2) is 24.1 Å². The van der Waals surface area contributed by atoms with E-state index in [1.165, 1.54) is 31.4 Å². The summed E-state index contributed by atoms with van der Waals surface area (Å²) in [6.45, 7) is 3.46. The molecule has 14 aromatic rings. The highest BCUT2D eigenvalue weighted by Gasteiger charge is 2.44. The summed E-state index contributed by atoms with van der Waals surface area (Å²) < 4.78 is 84.9. The zero-order valence-corrected chi connectivity index (χ0v) is 57.6. The maximum absolute atomic E-state index is 13.6. The Bertz CT molecular complexity index is 5320. The summed E-state index contributed by atoms with van der Waals surface area (Å²) in [7, 11) is 1.39. The van der Waals surface area contributed by atoms with Gasteiger partial charge in [0.05, 0.1) is 46.7 Å². The van der Waals surface area contributed by atoms with Gasteiger partial charge >= 0.3 is 18.3 Å². The van der Waals surface area contributed by atoms with E-state index in [1.807, 2.05) is 109 Å². The quantitative estimate of drug-likeness (QED) is 0.0581. The van der Waals surface area contributed by atoms with Crippen molar-refractivity contribution in [1.82, 2.24) is 34.8 Å². The number of amides is 1. The Morgan fingerprint density at radius 2 is 0.748 bits per heavy atom. The molecule has 19 heteroatoms. The molecule has 0 fully saturated rings. The molecule has 0 radical (unpaired) electrons. The van der Waals surface area contributed by atoms with Crippen molar-refractivity contribution in [2.45, 2.75) is 69.6 Å². The molecule has 16 rings (SSSR count). The van der Waals surface area contributed by atoms with Crippen LogP contribution >= 0.6 is 0 Å².